The average Bonchev–Trinajstić information content (AvgIpc) is 3.30. The zero-order chi connectivity index (χ0) is 20.4. The van der Waals surface area contributed by atoms with Crippen LogP contribution in [-0.2, 0) is 0 Å². The van der Waals surface area contributed by atoms with Gasteiger partial charge in [0.2, 0.25) is 0 Å². The molecule has 0 saturated carbocycles. The summed E-state index contributed by atoms with van der Waals surface area (Å²) in [7, 11) is 0. The molecule has 4 aliphatic rings. The van der Waals surface area contributed by atoms with Gasteiger partial charge in [-0.15, -0.1) is 0 Å². The Kier molecular flexibility index (Phi) is 3.98. The first-order chi connectivity index (χ1) is 13.7. The zero-order valence-electron chi connectivity index (χ0n) is 16.2. The molecule has 2 unspecified atom stereocenters. The van der Waals surface area contributed by atoms with Gasteiger partial charge in [-0.05, 0) is 32.4 Å². The van der Waals surface area contributed by atoms with Gasteiger partial charge in [0.05, 0.1) is 5.70 Å². The van der Waals surface area contributed by atoms with Crippen LogP contribution in [0, 0.1) is 0 Å². The number of fused-ring (bicyclic) bond motifs is 3. The van der Waals surface area contributed by atoms with Crippen LogP contribution in [0.5, 0.6) is 5.75 Å². The lowest BCUT2D eigenvalue weighted by Gasteiger charge is -2.47. The van der Waals surface area contributed by atoms with E-state index < -0.39 is 11.7 Å². The number of allylic oxidation sites excluding steroid dienone is 1. The number of nitrogens with one attached hydrogen (secondary N) is 1. The predicted octanol–water partition coefficient (Wildman–Crippen LogP) is 2.94. The van der Waals surface area contributed by atoms with Crippen LogP contribution in [0.4, 0.5) is 14.8 Å². The number of piperazine rings is 1. The second kappa shape index (κ2) is 6.24. The summed E-state index contributed by atoms with van der Waals surface area (Å²) in [5.41, 5.74) is -0.436. The van der Waals surface area contributed by atoms with E-state index in [-0.39, 0.29) is 11.3 Å². The fourth-order valence-corrected chi connectivity index (χ4v) is 3.87. The molecule has 9 heteroatoms. The molecule has 29 heavy (non-hydrogen) atoms. The third-order valence-corrected chi connectivity index (χ3v) is 5.56. The number of aliphatic imine (C=N–C) groups is 1. The Morgan fingerprint density at radius 1 is 1.28 bits per heavy atom. The minimum atomic E-state index is -3.80. The highest BCUT2D eigenvalue weighted by Gasteiger charge is 2.49. The molecule has 1 aromatic heterocycles. The maximum Gasteiger partial charge on any atom is 0.426 e. The second-order valence-electron chi connectivity index (χ2n) is 8.30. The summed E-state index contributed by atoms with van der Waals surface area (Å²) in [5, 5.41) is 13.2. The molecule has 1 aromatic carbocycles. The normalized spacial score (nSPS) is 24.0. The fraction of sp³-hybridized carbons (Fsp3) is 0.500. The van der Waals surface area contributed by atoms with Gasteiger partial charge in [0.1, 0.15) is 0 Å². The van der Waals surface area contributed by atoms with Gasteiger partial charge >= 0.3 is 6.11 Å². The number of hydrogen-bond donors (Lipinski definition) is 2. The number of benzene rings is 1. The molecule has 6 rings (SSSR count). The molecule has 0 spiro atoms. The molecule has 4 aliphatic heterocycles. The summed E-state index contributed by atoms with van der Waals surface area (Å²) >= 11 is 0. The van der Waals surface area contributed by atoms with Crippen molar-refractivity contribution in [2.75, 3.05) is 18.0 Å². The number of halogens is 2. The van der Waals surface area contributed by atoms with Crippen molar-refractivity contribution in [2.45, 2.75) is 50.5 Å². The molecule has 2 N–H and O–H groups in total. The van der Waals surface area contributed by atoms with Crippen molar-refractivity contribution in [3.63, 3.8) is 0 Å². The van der Waals surface area contributed by atoms with Gasteiger partial charge in [0.15, 0.2) is 22.5 Å². The molecule has 2 atom stereocenters. The third-order valence-electron chi connectivity index (χ3n) is 5.56. The number of ether oxygens (including phenoxy) is 1. The number of aliphatic hydroxyl groups is 1. The maximum absolute atomic E-state index is 14.4. The molecule has 0 aliphatic carbocycles. The second-order valence-corrected chi connectivity index (χ2v) is 8.30. The number of alkyl halides is 2. The number of oxazole rings is 1. The average molecular weight is 404 g/mol. The van der Waals surface area contributed by atoms with E-state index in [9.17, 15) is 13.9 Å². The van der Waals surface area contributed by atoms with Crippen molar-refractivity contribution in [3.8, 4) is 5.75 Å². The predicted molar refractivity (Wildman–Crippen MR) is 105 cm³/mol. The molecule has 2 aromatic rings. The van der Waals surface area contributed by atoms with E-state index in [1.807, 2.05) is 11.0 Å². The van der Waals surface area contributed by atoms with E-state index in [1.54, 1.807) is 12.3 Å². The zero-order valence-corrected chi connectivity index (χ0v) is 16.2. The number of aromatic nitrogens is 1. The van der Waals surface area contributed by atoms with Crippen molar-refractivity contribution in [1.29, 1.82) is 0 Å². The van der Waals surface area contributed by atoms with Gasteiger partial charge in [-0.25, -0.2) is 0 Å². The Morgan fingerprint density at radius 3 is 2.62 bits per heavy atom. The lowest BCUT2D eigenvalue weighted by molar-refractivity contribution is -0.275. The molecule has 3 fully saturated rings. The molecular formula is C20H22F2N4O3. The number of nitrogens with zero attached hydrogens (tertiary/aromatic N) is 3. The van der Waals surface area contributed by atoms with Gasteiger partial charge in [0.25, 0.3) is 6.01 Å². The summed E-state index contributed by atoms with van der Waals surface area (Å²) in [6.45, 7) is 3.49. The first-order valence-electron chi connectivity index (χ1n) is 9.68. The van der Waals surface area contributed by atoms with Gasteiger partial charge in [-0.2, -0.15) is 13.8 Å². The fourth-order valence-electron chi connectivity index (χ4n) is 3.87. The first kappa shape index (κ1) is 18.5. The highest BCUT2D eigenvalue weighted by Crippen LogP contribution is 2.40. The van der Waals surface area contributed by atoms with Crippen LogP contribution >= 0.6 is 0 Å². The Balaban J connectivity index is 1.59. The largest absolute Gasteiger partial charge is 0.428 e. The summed E-state index contributed by atoms with van der Waals surface area (Å²) in [5.74, 6) is -0.145. The van der Waals surface area contributed by atoms with E-state index >= 15 is 0 Å². The van der Waals surface area contributed by atoms with Crippen molar-refractivity contribution in [3.05, 3.63) is 23.8 Å². The van der Waals surface area contributed by atoms with E-state index in [4.69, 9.17) is 9.15 Å². The molecule has 0 amide bonds. The summed E-state index contributed by atoms with van der Waals surface area (Å²) in [6.07, 6.45) is 1.73. The minimum Gasteiger partial charge on any atom is -0.428 e. The third kappa shape index (κ3) is 3.08. The molecule has 0 radical (unpaired) electrons. The number of anilines is 1. The van der Waals surface area contributed by atoms with Crippen LogP contribution in [0.3, 0.4) is 0 Å². The van der Waals surface area contributed by atoms with Crippen LogP contribution in [0.15, 0.2) is 27.6 Å². The Labute approximate surface area is 166 Å². The van der Waals surface area contributed by atoms with Crippen molar-refractivity contribution in [2.24, 2.45) is 4.99 Å². The number of piperidine rings is 1. The van der Waals surface area contributed by atoms with Crippen LogP contribution in [0.1, 0.15) is 32.3 Å². The standard InChI is InChI=1S/C20H22F2N4O3/c1-19(2,27)20(21,22)29-15-6-5-13(14-4-3-7-23-14)17-16(15)25-18(28-17)26-9-11-8-12(10-26)24-11/h4-7,11-12,24,27H,3,8-10H2,1-2H3. The van der Waals surface area contributed by atoms with Crippen molar-refractivity contribution < 1.29 is 23.0 Å². The summed E-state index contributed by atoms with van der Waals surface area (Å²) < 4.78 is 39.7. The topological polar surface area (TPSA) is 83.1 Å². The summed E-state index contributed by atoms with van der Waals surface area (Å²) in [4.78, 5) is 10.9. The summed E-state index contributed by atoms with van der Waals surface area (Å²) in [6, 6.07) is 4.22. The maximum atomic E-state index is 14.4. The van der Waals surface area contributed by atoms with Crippen molar-refractivity contribution >= 4 is 29.0 Å². The number of hydrogen-bond acceptors (Lipinski definition) is 7. The first-order valence-corrected chi connectivity index (χ1v) is 9.68. The minimum absolute atomic E-state index is 0.145. The van der Waals surface area contributed by atoms with Crippen LogP contribution in [0.2, 0.25) is 0 Å². The van der Waals surface area contributed by atoms with E-state index in [2.05, 4.69) is 15.3 Å². The lowest BCUT2D eigenvalue weighted by Crippen LogP contribution is -2.67. The van der Waals surface area contributed by atoms with Gasteiger partial charge < -0.3 is 24.5 Å². The van der Waals surface area contributed by atoms with Crippen LogP contribution < -0.4 is 15.0 Å². The highest BCUT2D eigenvalue weighted by atomic mass is 19.3. The van der Waals surface area contributed by atoms with E-state index in [1.165, 1.54) is 6.07 Å². The highest BCUT2D eigenvalue weighted by molar-refractivity contribution is 5.95. The Hall–Kier alpha value is -2.52. The SMILES string of the molecule is CC(C)(O)C(F)(F)Oc1ccc(C2=CCC=N2)c2oc(N3CC4CC(C3)N4)nc12. The Bertz CT molecular complexity index is 1010. The van der Waals surface area contributed by atoms with E-state index in [0.29, 0.717) is 41.4 Å². The monoisotopic (exact) mass is 404 g/mol. The van der Waals surface area contributed by atoms with Crippen LogP contribution in [-0.4, -0.2) is 53.2 Å². The molecule has 5 heterocycles. The quantitative estimate of drug-likeness (QED) is 0.797. The molecular weight excluding hydrogens is 382 g/mol. The molecule has 2 bridgehead atoms. The van der Waals surface area contributed by atoms with E-state index in [0.717, 1.165) is 33.4 Å². The van der Waals surface area contributed by atoms with Gasteiger partial charge in [-0.1, -0.05) is 6.08 Å². The number of rotatable bonds is 5. The molecule has 3 saturated heterocycles. The van der Waals surface area contributed by atoms with Gasteiger partial charge in [0, 0.05) is 43.4 Å². The van der Waals surface area contributed by atoms with Gasteiger partial charge in [-0.3, -0.25) is 4.99 Å². The van der Waals surface area contributed by atoms with Crippen LogP contribution in [0.25, 0.3) is 16.8 Å². The molecule has 154 valence electrons. The smallest absolute Gasteiger partial charge is 0.426 e. The Morgan fingerprint density at radius 2 is 2.00 bits per heavy atom. The molecule has 7 nitrogen and oxygen atoms in total. The lowest BCUT2D eigenvalue weighted by atomic mass is 9.92. The van der Waals surface area contributed by atoms with Crippen molar-refractivity contribution in [1.82, 2.24) is 10.3 Å².